The molecular formula is C28H29N3O3. The number of aromatic nitrogens is 2. The lowest BCUT2D eigenvalue weighted by molar-refractivity contribution is -0.117. The Hall–Kier alpha value is -3.64. The number of anilines is 1. The van der Waals surface area contributed by atoms with E-state index >= 15 is 0 Å². The highest BCUT2D eigenvalue weighted by molar-refractivity contribution is 5.97. The molecule has 1 amide bonds. The molecule has 5 rings (SSSR count). The number of aryl methyl sites for hydroxylation is 2. The lowest BCUT2D eigenvalue weighted by Gasteiger charge is -2.20. The number of para-hydroxylation sites is 3. The summed E-state index contributed by atoms with van der Waals surface area (Å²) in [6.45, 7) is 5.13. The Morgan fingerprint density at radius 1 is 1.06 bits per heavy atom. The van der Waals surface area contributed by atoms with Gasteiger partial charge in [-0.2, -0.15) is 0 Å². The van der Waals surface area contributed by atoms with E-state index in [1.54, 1.807) is 0 Å². The predicted molar refractivity (Wildman–Crippen MR) is 133 cm³/mol. The molecular weight excluding hydrogens is 426 g/mol. The zero-order valence-corrected chi connectivity index (χ0v) is 19.5. The molecule has 2 heterocycles. The maximum Gasteiger partial charge on any atom is 0.227 e. The Morgan fingerprint density at radius 2 is 1.85 bits per heavy atom. The molecule has 1 aliphatic heterocycles. The van der Waals surface area contributed by atoms with Crippen molar-refractivity contribution in [2.24, 2.45) is 0 Å². The van der Waals surface area contributed by atoms with Crippen LogP contribution in [0.1, 0.15) is 29.3 Å². The number of aliphatic hydroxyl groups is 1. The van der Waals surface area contributed by atoms with Crippen molar-refractivity contribution in [1.29, 1.82) is 0 Å². The third-order valence-electron chi connectivity index (χ3n) is 6.41. The number of ether oxygens (including phenoxy) is 1. The molecule has 3 aromatic carbocycles. The number of amides is 1. The molecule has 2 atom stereocenters. The van der Waals surface area contributed by atoms with Crippen LogP contribution in [0.25, 0.3) is 11.0 Å². The summed E-state index contributed by atoms with van der Waals surface area (Å²) >= 11 is 0. The van der Waals surface area contributed by atoms with Gasteiger partial charge in [0.2, 0.25) is 5.91 Å². The fraction of sp³-hybridized carbons (Fsp3) is 0.286. The summed E-state index contributed by atoms with van der Waals surface area (Å²) in [5.74, 6) is 1.62. The first-order chi connectivity index (χ1) is 16.5. The number of benzene rings is 3. The molecule has 0 saturated carbocycles. The number of nitrogens with zero attached hydrogens (tertiary/aromatic N) is 3. The van der Waals surface area contributed by atoms with Gasteiger partial charge in [0.15, 0.2) is 0 Å². The van der Waals surface area contributed by atoms with Gasteiger partial charge in [0.05, 0.1) is 17.6 Å². The average Bonchev–Trinajstić information content (AvgIpc) is 3.39. The summed E-state index contributed by atoms with van der Waals surface area (Å²) in [6, 6.07) is 23.7. The molecule has 0 spiro atoms. The zero-order chi connectivity index (χ0) is 23.7. The number of rotatable bonds is 7. The molecule has 4 aromatic rings. The van der Waals surface area contributed by atoms with Gasteiger partial charge >= 0.3 is 0 Å². The van der Waals surface area contributed by atoms with Crippen molar-refractivity contribution in [3.05, 3.63) is 89.7 Å². The van der Waals surface area contributed by atoms with Crippen molar-refractivity contribution < 1.29 is 14.6 Å². The Balaban J connectivity index is 1.39. The molecule has 1 saturated heterocycles. The summed E-state index contributed by atoms with van der Waals surface area (Å²) in [7, 11) is 0. The smallest absolute Gasteiger partial charge is 0.227 e. The lowest BCUT2D eigenvalue weighted by Crippen LogP contribution is -2.27. The van der Waals surface area contributed by atoms with Gasteiger partial charge in [-0.25, -0.2) is 4.98 Å². The van der Waals surface area contributed by atoms with Gasteiger partial charge in [-0.05, 0) is 55.3 Å². The minimum atomic E-state index is -0.721. The van der Waals surface area contributed by atoms with E-state index in [0.717, 1.165) is 39.4 Å². The first kappa shape index (κ1) is 22.2. The van der Waals surface area contributed by atoms with Crippen molar-refractivity contribution in [2.75, 3.05) is 18.1 Å². The van der Waals surface area contributed by atoms with Crippen LogP contribution in [0.3, 0.4) is 0 Å². The SMILES string of the molecule is Cc1cccc(OC[C@H](O)Cn2c([C@@H]3CC(=O)N(c4ccccc4C)C3)nc3ccccc32)c1. The molecule has 1 fully saturated rings. The summed E-state index contributed by atoms with van der Waals surface area (Å²) in [5.41, 5.74) is 4.96. The molecule has 0 bridgehead atoms. The molecule has 34 heavy (non-hydrogen) atoms. The Labute approximate surface area is 199 Å². The summed E-state index contributed by atoms with van der Waals surface area (Å²) in [4.78, 5) is 19.7. The highest BCUT2D eigenvalue weighted by Gasteiger charge is 2.35. The number of carbonyl (C=O) groups excluding carboxylic acids is 1. The monoisotopic (exact) mass is 455 g/mol. The number of hydrogen-bond acceptors (Lipinski definition) is 4. The van der Waals surface area contributed by atoms with Crippen molar-refractivity contribution in [3.8, 4) is 5.75 Å². The fourth-order valence-electron chi connectivity index (χ4n) is 4.74. The maximum atomic E-state index is 13.0. The normalized spacial score (nSPS) is 16.9. The van der Waals surface area contributed by atoms with Crippen LogP contribution in [0.4, 0.5) is 5.69 Å². The Bertz CT molecular complexity index is 1330. The highest BCUT2D eigenvalue weighted by Crippen LogP contribution is 2.34. The van der Waals surface area contributed by atoms with E-state index < -0.39 is 6.10 Å². The summed E-state index contributed by atoms with van der Waals surface area (Å²) in [6.07, 6.45) is -0.325. The molecule has 0 unspecified atom stereocenters. The molecule has 0 aliphatic carbocycles. The molecule has 0 radical (unpaired) electrons. The van der Waals surface area contributed by atoms with Crippen LogP contribution in [-0.2, 0) is 11.3 Å². The average molecular weight is 456 g/mol. The Morgan fingerprint density at radius 3 is 2.68 bits per heavy atom. The first-order valence-electron chi connectivity index (χ1n) is 11.7. The standard InChI is InChI=1S/C28H29N3O3/c1-19-8-7-10-23(14-19)34-18-22(32)17-31-26-13-6-4-11-24(26)29-28(31)21-15-27(33)30(16-21)25-12-5-3-9-20(25)2/h3-14,21-22,32H,15-18H2,1-2H3/t21-,22-/m1/s1. The van der Waals surface area contributed by atoms with Crippen LogP contribution in [0.5, 0.6) is 5.75 Å². The van der Waals surface area contributed by atoms with Crippen molar-refractivity contribution in [1.82, 2.24) is 9.55 Å². The zero-order valence-electron chi connectivity index (χ0n) is 19.5. The second-order valence-electron chi connectivity index (χ2n) is 9.04. The minimum Gasteiger partial charge on any atom is -0.491 e. The number of fused-ring (bicyclic) bond motifs is 1. The van der Waals surface area contributed by atoms with Crippen LogP contribution in [-0.4, -0.2) is 39.8 Å². The molecule has 1 N–H and O–H groups in total. The maximum absolute atomic E-state index is 13.0. The second-order valence-corrected chi connectivity index (χ2v) is 9.04. The van der Waals surface area contributed by atoms with Gasteiger partial charge in [-0.15, -0.1) is 0 Å². The van der Waals surface area contributed by atoms with Gasteiger partial charge < -0.3 is 19.3 Å². The van der Waals surface area contributed by atoms with Gasteiger partial charge in [-0.1, -0.05) is 42.5 Å². The fourth-order valence-corrected chi connectivity index (χ4v) is 4.74. The van der Waals surface area contributed by atoms with Crippen LogP contribution in [0.15, 0.2) is 72.8 Å². The summed E-state index contributed by atoms with van der Waals surface area (Å²) < 4.78 is 7.89. The van der Waals surface area contributed by atoms with E-state index in [-0.39, 0.29) is 18.4 Å². The number of hydrogen-bond donors (Lipinski definition) is 1. The third kappa shape index (κ3) is 4.41. The van der Waals surface area contributed by atoms with Crippen LogP contribution < -0.4 is 9.64 Å². The van der Waals surface area contributed by atoms with E-state index in [1.165, 1.54) is 0 Å². The number of imidazole rings is 1. The molecule has 1 aliphatic rings. The van der Waals surface area contributed by atoms with E-state index in [4.69, 9.17) is 9.72 Å². The third-order valence-corrected chi connectivity index (χ3v) is 6.41. The van der Waals surface area contributed by atoms with Gasteiger partial charge in [0.25, 0.3) is 0 Å². The molecule has 6 heteroatoms. The van der Waals surface area contributed by atoms with E-state index in [2.05, 4.69) is 4.57 Å². The first-order valence-corrected chi connectivity index (χ1v) is 11.7. The quantitative estimate of drug-likeness (QED) is 0.442. The summed E-state index contributed by atoms with van der Waals surface area (Å²) in [5, 5.41) is 10.8. The van der Waals surface area contributed by atoms with E-state index in [1.807, 2.05) is 91.5 Å². The molecule has 174 valence electrons. The number of aliphatic hydroxyl groups excluding tert-OH is 1. The lowest BCUT2D eigenvalue weighted by atomic mass is 10.1. The topological polar surface area (TPSA) is 67.6 Å². The van der Waals surface area contributed by atoms with Crippen LogP contribution >= 0.6 is 0 Å². The Kier molecular flexibility index (Phi) is 6.07. The highest BCUT2D eigenvalue weighted by atomic mass is 16.5. The van der Waals surface area contributed by atoms with Crippen LogP contribution in [0.2, 0.25) is 0 Å². The number of carbonyl (C=O) groups is 1. The molecule has 6 nitrogen and oxygen atoms in total. The predicted octanol–water partition coefficient (Wildman–Crippen LogP) is 4.61. The van der Waals surface area contributed by atoms with Crippen molar-refractivity contribution in [3.63, 3.8) is 0 Å². The van der Waals surface area contributed by atoms with Gasteiger partial charge in [-0.3, -0.25) is 4.79 Å². The minimum absolute atomic E-state index is 0.0515. The van der Waals surface area contributed by atoms with E-state index in [9.17, 15) is 9.90 Å². The molecule has 1 aromatic heterocycles. The van der Waals surface area contributed by atoms with Crippen LogP contribution in [0, 0.1) is 13.8 Å². The van der Waals surface area contributed by atoms with Crippen molar-refractivity contribution in [2.45, 2.75) is 38.8 Å². The van der Waals surface area contributed by atoms with E-state index in [0.29, 0.717) is 19.5 Å². The van der Waals surface area contributed by atoms with Gasteiger partial charge in [0, 0.05) is 24.6 Å². The largest absolute Gasteiger partial charge is 0.491 e. The van der Waals surface area contributed by atoms with Gasteiger partial charge in [0.1, 0.15) is 24.3 Å². The van der Waals surface area contributed by atoms with Crippen molar-refractivity contribution >= 4 is 22.6 Å². The second kappa shape index (κ2) is 9.31.